The SMILES string of the molecule is COc1ccc(OCC(=O)c2c(C)c(C#N)c(=O)n(Cc3ccc(C)cc3)c2O)cc1. The normalized spacial score (nSPS) is 10.4. The van der Waals surface area contributed by atoms with Crippen LogP contribution in [0.1, 0.15) is 32.6 Å². The summed E-state index contributed by atoms with van der Waals surface area (Å²) in [5.41, 5.74) is 1.01. The Hall–Kier alpha value is -4.05. The fourth-order valence-corrected chi connectivity index (χ4v) is 3.20. The smallest absolute Gasteiger partial charge is 0.271 e. The van der Waals surface area contributed by atoms with E-state index in [9.17, 15) is 20.0 Å². The molecule has 7 heteroatoms. The van der Waals surface area contributed by atoms with Gasteiger partial charge in [0.15, 0.2) is 6.61 Å². The van der Waals surface area contributed by atoms with Crippen LogP contribution in [0.25, 0.3) is 0 Å². The molecule has 1 N–H and O–H groups in total. The van der Waals surface area contributed by atoms with Crippen LogP contribution in [0.2, 0.25) is 0 Å². The number of ether oxygens (including phenoxy) is 2. The fourth-order valence-electron chi connectivity index (χ4n) is 3.20. The molecule has 3 aromatic rings. The van der Waals surface area contributed by atoms with Crippen LogP contribution in [0, 0.1) is 25.2 Å². The molecule has 0 radical (unpaired) electrons. The maximum atomic E-state index is 12.9. The molecular formula is C24H22N2O5. The monoisotopic (exact) mass is 418 g/mol. The van der Waals surface area contributed by atoms with Crippen LogP contribution in [0.15, 0.2) is 53.3 Å². The average Bonchev–Trinajstić information content (AvgIpc) is 2.77. The summed E-state index contributed by atoms with van der Waals surface area (Å²) in [6.45, 7) is 3.07. The van der Waals surface area contributed by atoms with Crippen molar-refractivity contribution in [1.29, 1.82) is 5.26 Å². The zero-order chi connectivity index (χ0) is 22.5. The second kappa shape index (κ2) is 9.18. The van der Waals surface area contributed by atoms with Crippen molar-refractivity contribution in [1.82, 2.24) is 4.57 Å². The van der Waals surface area contributed by atoms with Gasteiger partial charge in [-0.1, -0.05) is 29.8 Å². The molecule has 0 bridgehead atoms. The number of benzene rings is 2. The van der Waals surface area contributed by atoms with Gasteiger partial charge in [0, 0.05) is 0 Å². The zero-order valence-electron chi connectivity index (χ0n) is 17.5. The molecule has 0 atom stereocenters. The summed E-state index contributed by atoms with van der Waals surface area (Å²) in [5, 5.41) is 20.3. The van der Waals surface area contributed by atoms with Crippen molar-refractivity contribution in [2.24, 2.45) is 0 Å². The number of Topliss-reactive ketones (excluding diaryl/α,β-unsaturated/α-hetero) is 1. The maximum absolute atomic E-state index is 12.9. The molecule has 0 aliphatic heterocycles. The van der Waals surface area contributed by atoms with Crippen molar-refractivity contribution in [3.63, 3.8) is 0 Å². The number of methoxy groups -OCH3 is 1. The number of carbonyl (C=O) groups is 1. The van der Waals surface area contributed by atoms with E-state index < -0.39 is 17.2 Å². The molecule has 0 aliphatic carbocycles. The van der Waals surface area contributed by atoms with E-state index in [1.54, 1.807) is 31.4 Å². The van der Waals surface area contributed by atoms with Gasteiger partial charge in [-0.2, -0.15) is 5.26 Å². The second-order valence-electron chi connectivity index (χ2n) is 7.07. The van der Waals surface area contributed by atoms with E-state index >= 15 is 0 Å². The lowest BCUT2D eigenvalue weighted by Gasteiger charge is -2.16. The van der Waals surface area contributed by atoms with Crippen molar-refractivity contribution in [3.8, 4) is 23.4 Å². The molecule has 0 spiro atoms. The summed E-state index contributed by atoms with van der Waals surface area (Å²) in [4.78, 5) is 25.6. The average molecular weight is 418 g/mol. The lowest BCUT2D eigenvalue weighted by molar-refractivity contribution is 0.0916. The van der Waals surface area contributed by atoms with Crippen LogP contribution >= 0.6 is 0 Å². The van der Waals surface area contributed by atoms with Crippen LogP contribution in [0.3, 0.4) is 0 Å². The lowest BCUT2D eigenvalue weighted by atomic mass is 10.0. The van der Waals surface area contributed by atoms with E-state index in [0.29, 0.717) is 11.5 Å². The van der Waals surface area contributed by atoms with Crippen LogP contribution < -0.4 is 15.0 Å². The molecule has 3 rings (SSSR count). The third-order valence-corrected chi connectivity index (χ3v) is 4.97. The van der Waals surface area contributed by atoms with Crippen molar-refractivity contribution in [2.45, 2.75) is 20.4 Å². The minimum Gasteiger partial charge on any atom is -0.497 e. The first-order chi connectivity index (χ1) is 14.8. The molecule has 0 saturated heterocycles. The third-order valence-electron chi connectivity index (χ3n) is 4.97. The standard InChI is InChI=1S/C24H22N2O5/c1-15-4-6-17(7-5-15)13-26-23(28)20(12-25)16(2)22(24(26)29)21(27)14-31-19-10-8-18(30-3)9-11-19/h4-11,29H,13-14H2,1-3H3. The van der Waals surface area contributed by atoms with Gasteiger partial charge in [-0.3, -0.25) is 14.2 Å². The molecule has 0 unspecified atom stereocenters. The largest absolute Gasteiger partial charge is 0.497 e. The van der Waals surface area contributed by atoms with Crippen molar-refractivity contribution in [2.75, 3.05) is 13.7 Å². The molecule has 2 aromatic carbocycles. The van der Waals surface area contributed by atoms with Crippen LogP contribution in [0.5, 0.6) is 17.4 Å². The number of rotatable bonds is 7. The van der Waals surface area contributed by atoms with Gasteiger partial charge in [0.25, 0.3) is 5.56 Å². The quantitative estimate of drug-likeness (QED) is 0.591. The van der Waals surface area contributed by atoms with E-state index in [4.69, 9.17) is 9.47 Å². The van der Waals surface area contributed by atoms with Crippen molar-refractivity contribution in [3.05, 3.63) is 86.7 Å². The Kier molecular flexibility index (Phi) is 6.41. The summed E-state index contributed by atoms with van der Waals surface area (Å²) in [6, 6.07) is 15.9. The number of hydrogen-bond acceptors (Lipinski definition) is 6. The Morgan fingerprint density at radius 3 is 2.26 bits per heavy atom. The summed E-state index contributed by atoms with van der Waals surface area (Å²) in [6.07, 6.45) is 0. The number of ketones is 1. The number of carbonyl (C=O) groups excluding carboxylic acids is 1. The van der Waals surface area contributed by atoms with Crippen LogP contribution in [-0.2, 0) is 6.54 Å². The predicted octanol–water partition coefficient (Wildman–Crippen LogP) is 3.36. The van der Waals surface area contributed by atoms with Crippen molar-refractivity contribution < 1.29 is 19.4 Å². The first kappa shape index (κ1) is 21.7. The number of nitriles is 1. The molecule has 0 saturated carbocycles. The molecule has 1 heterocycles. The Morgan fingerprint density at radius 2 is 1.68 bits per heavy atom. The zero-order valence-corrected chi connectivity index (χ0v) is 17.5. The molecule has 1 aromatic heterocycles. The molecular weight excluding hydrogens is 396 g/mol. The van der Waals surface area contributed by atoms with Gasteiger partial charge in [-0.05, 0) is 49.2 Å². The topological polar surface area (TPSA) is 102 Å². The molecule has 158 valence electrons. The minimum atomic E-state index is -0.648. The Labute approximate surface area is 179 Å². The number of aromatic hydroxyl groups is 1. The molecule has 7 nitrogen and oxygen atoms in total. The number of pyridine rings is 1. The van der Waals surface area contributed by atoms with Gasteiger partial charge in [0.05, 0.1) is 19.2 Å². The summed E-state index contributed by atoms with van der Waals surface area (Å²) < 4.78 is 11.6. The first-order valence-corrected chi connectivity index (χ1v) is 9.57. The third kappa shape index (κ3) is 4.59. The highest BCUT2D eigenvalue weighted by Crippen LogP contribution is 2.24. The van der Waals surface area contributed by atoms with Gasteiger partial charge in [-0.15, -0.1) is 0 Å². The van der Waals surface area contributed by atoms with Crippen molar-refractivity contribution >= 4 is 5.78 Å². The van der Waals surface area contributed by atoms with E-state index in [2.05, 4.69) is 0 Å². The minimum absolute atomic E-state index is 0.0273. The first-order valence-electron chi connectivity index (χ1n) is 9.57. The molecule has 0 fully saturated rings. The van der Waals surface area contributed by atoms with E-state index in [0.717, 1.165) is 15.7 Å². The van der Waals surface area contributed by atoms with Crippen LogP contribution in [-0.4, -0.2) is 29.2 Å². The highest BCUT2D eigenvalue weighted by molar-refractivity contribution is 6.01. The van der Waals surface area contributed by atoms with Gasteiger partial charge >= 0.3 is 0 Å². The highest BCUT2D eigenvalue weighted by atomic mass is 16.5. The second-order valence-corrected chi connectivity index (χ2v) is 7.07. The number of nitrogens with zero attached hydrogens (tertiary/aromatic N) is 2. The van der Waals surface area contributed by atoms with E-state index in [1.165, 1.54) is 6.92 Å². The Balaban J connectivity index is 1.94. The summed E-state index contributed by atoms with van der Waals surface area (Å²) >= 11 is 0. The number of aryl methyl sites for hydroxylation is 1. The van der Waals surface area contributed by atoms with Crippen LogP contribution in [0.4, 0.5) is 0 Å². The highest BCUT2D eigenvalue weighted by Gasteiger charge is 2.24. The predicted molar refractivity (Wildman–Crippen MR) is 115 cm³/mol. The van der Waals surface area contributed by atoms with Gasteiger partial charge < -0.3 is 14.6 Å². The van der Waals surface area contributed by atoms with E-state index in [-0.39, 0.29) is 29.8 Å². The fraction of sp³-hybridized carbons (Fsp3) is 0.208. The van der Waals surface area contributed by atoms with E-state index in [1.807, 2.05) is 37.3 Å². The Bertz CT molecular complexity index is 1200. The molecule has 0 aliphatic rings. The summed E-state index contributed by atoms with van der Waals surface area (Å²) in [7, 11) is 1.54. The number of aromatic nitrogens is 1. The number of hydrogen-bond donors (Lipinski definition) is 1. The maximum Gasteiger partial charge on any atom is 0.271 e. The lowest BCUT2D eigenvalue weighted by Crippen LogP contribution is -2.28. The van der Waals surface area contributed by atoms with Gasteiger partial charge in [0.2, 0.25) is 11.7 Å². The van der Waals surface area contributed by atoms with Gasteiger partial charge in [0.1, 0.15) is 23.1 Å². The molecule has 0 amide bonds. The summed E-state index contributed by atoms with van der Waals surface area (Å²) in [5.74, 6) is 0.0687. The Morgan fingerprint density at radius 1 is 1.06 bits per heavy atom. The molecule has 31 heavy (non-hydrogen) atoms. The van der Waals surface area contributed by atoms with Gasteiger partial charge in [-0.25, -0.2) is 0 Å².